The molecule has 102 valence electrons. The lowest BCUT2D eigenvalue weighted by Crippen LogP contribution is -1.98. The highest BCUT2D eigenvalue weighted by Crippen LogP contribution is 2.27. The zero-order chi connectivity index (χ0) is 13.7. The third-order valence-corrected chi connectivity index (χ3v) is 3.78. The molecule has 2 N–H and O–H groups in total. The lowest BCUT2D eigenvalue weighted by Gasteiger charge is -2.08. The van der Waals surface area contributed by atoms with Gasteiger partial charge in [-0.3, -0.25) is 0 Å². The maximum atomic E-state index is 9.05. The average molecular weight is 279 g/mol. The third kappa shape index (κ3) is 3.50. The number of anilines is 2. The van der Waals surface area contributed by atoms with Gasteiger partial charge in [-0.1, -0.05) is 29.5 Å². The molecule has 0 saturated heterocycles. The van der Waals surface area contributed by atoms with Gasteiger partial charge in [-0.15, -0.1) is 10.2 Å². The third-order valence-electron chi connectivity index (χ3n) is 2.78. The van der Waals surface area contributed by atoms with E-state index in [9.17, 15) is 0 Å². The van der Waals surface area contributed by atoms with Crippen molar-refractivity contribution in [2.45, 2.75) is 19.4 Å². The van der Waals surface area contributed by atoms with Crippen LogP contribution in [0.2, 0.25) is 0 Å². The zero-order valence-corrected chi connectivity index (χ0v) is 11.8. The van der Waals surface area contributed by atoms with Gasteiger partial charge < -0.3 is 15.2 Å². The summed E-state index contributed by atoms with van der Waals surface area (Å²) >= 11 is 1.47. The van der Waals surface area contributed by atoms with Gasteiger partial charge in [0.2, 0.25) is 5.13 Å². The highest BCUT2D eigenvalue weighted by atomic mass is 32.1. The summed E-state index contributed by atoms with van der Waals surface area (Å²) in [6.45, 7) is 2.06. The quantitative estimate of drug-likeness (QED) is 0.850. The van der Waals surface area contributed by atoms with Crippen LogP contribution in [-0.2, 0) is 11.2 Å². The molecule has 0 aliphatic carbocycles. The monoisotopic (exact) mass is 279 g/mol. The van der Waals surface area contributed by atoms with Crippen LogP contribution >= 0.6 is 11.3 Å². The number of aromatic nitrogens is 2. The van der Waals surface area contributed by atoms with E-state index in [1.54, 1.807) is 7.11 Å². The van der Waals surface area contributed by atoms with E-state index in [1.807, 2.05) is 31.2 Å². The van der Waals surface area contributed by atoms with Gasteiger partial charge in [-0.05, 0) is 25.0 Å². The van der Waals surface area contributed by atoms with Gasteiger partial charge in [-0.2, -0.15) is 0 Å². The molecule has 0 saturated carbocycles. The number of hydrogen-bond acceptors (Lipinski definition) is 6. The van der Waals surface area contributed by atoms with Gasteiger partial charge in [-0.25, -0.2) is 0 Å². The topological polar surface area (TPSA) is 67.3 Å². The second kappa shape index (κ2) is 6.60. The first-order chi connectivity index (χ1) is 9.24. The van der Waals surface area contributed by atoms with Crippen LogP contribution in [-0.4, -0.2) is 29.0 Å². The number of ether oxygens (including phenoxy) is 1. The van der Waals surface area contributed by atoms with Crippen molar-refractivity contribution in [3.8, 4) is 0 Å². The Labute approximate surface area is 116 Å². The number of methoxy groups -OCH3 is 1. The Balaban J connectivity index is 2.14. The highest BCUT2D eigenvalue weighted by molar-refractivity contribution is 7.15. The van der Waals surface area contributed by atoms with Crippen molar-refractivity contribution in [3.63, 3.8) is 0 Å². The van der Waals surface area contributed by atoms with Crippen LogP contribution in [0, 0.1) is 0 Å². The predicted molar refractivity (Wildman–Crippen MR) is 75.8 cm³/mol. The molecule has 6 heteroatoms. The van der Waals surface area contributed by atoms with Gasteiger partial charge in [0.1, 0.15) is 11.1 Å². The standard InChI is InChI=1S/C13H17N3O2S/c1-9(18-2)12-15-16-13(19-12)14-11-6-4-3-5-10(11)7-8-17/h3-6,9,17H,7-8H2,1-2H3,(H,14,16). The van der Waals surface area contributed by atoms with Gasteiger partial charge in [0.05, 0.1) is 0 Å². The van der Waals surface area contributed by atoms with Crippen molar-refractivity contribution in [1.82, 2.24) is 10.2 Å². The number of nitrogens with one attached hydrogen (secondary N) is 1. The molecule has 0 bridgehead atoms. The fourth-order valence-corrected chi connectivity index (χ4v) is 2.43. The highest BCUT2D eigenvalue weighted by Gasteiger charge is 2.11. The first kappa shape index (κ1) is 13.9. The Morgan fingerprint density at radius 1 is 1.37 bits per heavy atom. The summed E-state index contributed by atoms with van der Waals surface area (Å²) in [5, 5.41) is 22.0. The second-order valence-electron chi connectivity index (χ2n) is 4.08. The Hall–Kier alpha value is -1.50. The van der Waals surface area contributed by atoms with Crippen LogP contribution in [0.1, 0.15) is 23.6 Å². The van der Waals surface area contributed by atoms with Crippen molar-refractivity contribution < 1.29 is 9.84 Å². The van der Waals surface area contributed by atoms with Crippen molar-refractivity contribution >= 4 is 22.2 Å². The summed E-state index contributed by atoms with van der Waals surface area (Å²) in [4.78, 5) is 0. The molecule has 1 aromatic heterocycles. The number of aliphatic hydroxyl groups is 1. The Morgan fingerprint density at radius 2 is 2.16 bits per heavy atom. The molecule has 1 unspecified atom stereocenters. The summed E-state index contributed by atoms with van der Waals surface area (Å²) in [6.07, 6.45) is 0.560. The summed E-state index contributed by atoms with van der Waals surface area (Å²) < 4.78 is 5.21. The molecule has 2 aromatic rings. The largest absolute Gasteiger partial charge is 0.396 e. The minimum atomic E-state index is -0.0549. The van der Waals surface area contributed by atoms with E-state index < -0.39 is 0 Å². The van der Waals surface area contributed by atoms with Crippen LogP contribution in [0.25, 0.3) is 0 Å². The van der Waals surface area contributed by atoms with Crippen LogP contribution in [0.5, 0.6) is 0 Å². The van der Waals surface area contributed by atoms with E-state index in [4.69, 9.17) is 9.84 Å². The zero-order valence-electron chi connectivity index (χ0n) is 11.0. The van der Waals surface area contributed by atoms with Crippen molar-refractivity contribution in [2.24, 2.45) is 0 Å². The minimum Gasteiger partial charge on any atom is -0.396 e. The Morgan fingerprint density at radius 3 is 2.89 bits per heavy atom. The molecule has 0 fully saturated rings. The summed E-state index contributed by atoms with van der Waals surface area (Å²) in [5.41, 5.74) is 2.01. The maximum Gasteiger partial charge on any atom is 0.210 e. The molecular weight excluding hydrogens is 262 g/mol. The average Bonchev–Trinajstić information content (AvgIpc) is 2.89. The predicted octanol–water partition coefficient (Wildman–Crippen LogP) is 2.52. The van der Waals surface area contributed by atoms with Crippen LogP contribution in [0.4, 0.5) is 10.8 Å². The number of benzene rings is 1. The fraction of sp³-hybridized carbons (Fsp3) is 0.385. The smallest absolute Gasteiger partial charge is 0.210 e. The van der Waals surface area contributed by atoms with Gasteiger partial charge in [0.15, 0.2) is 0 Å². The van der Waals surface area contributed by atoms with E-state index in [2.05, 4.69) is 15.5 Å². The lowest BCUT2D eigenvalue weighted by atomic mass is 10.1. The fourth-order valence-electron chi connectivity index (χ4n) is 1.65. The molecular formula is C13H17N3O2S. The first-order valence-electron chi connectivity index (χ1n) is 6.06. The molecule has 1 aromatic carbocycles. The van der Waals surface area contributed by atoms with E-state index in [0.29, 0.717) is 6.42 Å². The van der Waals surface area contributed by atoms with E-state index in [1.165, 1.54) is 11.3 Å². The summed E-state index contributed by atoms with van der Waals surface area (Å²) in [6, 6.07) is 7.85. The molecule has 1 atom stereocenters. The van der Waals surface area contributed by atoms with Crippen molar-refractivity contribution in [3.05, 3.63) is 34.8 Å². The van der Waals surface area contributed by atoms with E-state index in [0.717, 1.165) is 21.4 Å². The number of rotatable bonds is 6. The molecule has 2 rings (SSSR count). The van der Waals surface area contributed by atoms with Crippen molar-refractivity contribution in [1.29, 1.82) is 0 Å². The molecule has 0 aliphatic rings. The minimum absolute atomic E-state index is 0.0549. The maximum absolute atomic E-state index is 9.05. The van der Waals surface area contributed by atoms with Crippen LogP contribution in [0.3, 0.4) is 0 Å². The second-order valence-corrected chi connectivity index (χ2v) is 5.09. The van der Waals surface area contributed by atoms with Crippen LogP contribution < -0.4 is 5.32 Å². The molecule has 1 heterocycles. The number of nitrogens with zero attached hydrogens (tertiary/aromatic N) is 2. The number of hydrogen-bond donors (Lipinski definition) is 2. The summed E-state index contributed by atoms with van der Waals surface area (Å²) in [5.74, 6) is 0. The molecule has 0 radical (unpaired) electrons. The normalized spacial score (nSPS) is 12.4. The van der Waals surface area contributed by atoms with Crippen molar-refractivity contribution in [2.75, 3.05) is 19.0 Å². The van der Waals surface area contributed by atoms with Crippen LogP contribution in [0.15, 0.2) is 24.3 Å². The first-order valence-corrected chi connectivity index (χ1v) is 6.88. The summed E-state index contributed by atoms with van der Waals surface area (Å²) in [7, 11) is 1.65. The molecule has 5 nitrogen and oxygen atoms in total. The number of para-hydroxylation sites is 1. The van der Waals surface area contributed by atoms with Gasteiger partial charge >= 0.3 is 0 Å². The van der Waals surface area contributed by atoms with E-state index >= 15 is 0 Å². The lowest BCUT2D eigenvalue weighted by molar-refractivity contribution is 0.118. The van der Waals surface area contributed by atoms with Gasteiger partial charge in [0.25, 0.3) is 0 Å². The molecule has 0 aliphatic heterocycles. The SMILES string of the molecule is COC(C)c1nnc(Nc2ccccc2CCO)s1. The van der Waals surface area contributed by atoms with Gasteiger partial charge in [0, 0.05) is 19.4 Å². The molecule has 19 heavy (non-hydrogen) atoms. The molecule has 0 spiro atoms. The Bertz CT molecular complexity index is 530. The molecule has 0 amide bonds. The Kier molecular flexibility index (Phi) is 4.84. The van der Waals surface area contributed by atoms with E-state index in [-0.39, 0.29) is 12.7 Å². The number of aliphatic hydroxyl groups excluding tert-OH is 1.